The number of carbonyl (C=O) groups is 1. The Balaban J connectivity index is 2.26. The predicted octanol–water partition coefficient (Wildman–Crippen LogP) is 4.66. The van der Waals surface area contributed by atoms with E-state index < -0.39 is 0 Å². The molecule has 2 aromatic carbocycles. The molecule has 20 heavy (non-hydrogen) atoms. The number of rotatable bonds is 4. The Bertz CT molecular complexity index is 624. The monoisotopic (exact) mass is 288 g/mol. The summed E-state index contributed by atoms with van der Waals surface area (Å²) in [7, 11) is 0. The van der Waals surface area contributed by atoms with Gasteiger partial charge in [-0.05, 0) is 49.6 Å². The second-order valence-electron chi connectivity index (χ2n) is 4.94. The smallest absolute Gasteiger partial charge is 0.155 e. The molecule has 0 aliphatic rings. The minimum Gasteiger partial charge on any atom is -0.488 e. The fraction of sp³-hybridized carbons (Fsp3) is 0.235. The van der Waals surface area contributed by atoms with Gasteiger partial charge in [0.1, 0.15) is 12.4 Å². The molecule has 0 atom stereocenters. The average Bonchev–Trinajstić information content (AvgIpc) is 2.37. The van der Waals surface area contributed by atoms with Gasteiger partial charge in [-0.25, -0.2) is 0 Å². The molecule has 0 heterocycles. The SMILES string of the molecule is Cc1cc(C)c(COc2cccc(Cl)c2C=O)c(C)c1. The summed E-state index contributed by atoms with van der Waals surface area (Å²) in [5.41, 5.74) is 5.17. The molecule has 0 saturated heterocycles. The molecule has 0 spiro atoms. The molecule has 2 aromatic rings. The van der Waals surface area contributed by atoms with Gasteiger partial charge in [0.25, 0.3) is 0 Å². The fourth-order valence-corrected chi connectivity index (χ4v) is 2.56. The van der Waals surface area contributed by atoms with Crippen molar-refractivity contribution in [2.24, 2.45) is 0 Å². The minimum atomic E-state index is 0.400. The van der Waals surface area contributed by atoms with Gasteiger partial charge in [-0.1, -0.05) is 35.4 Å². The average molecular weight is 289 g/mol. The summed E-state index contributed by atoms with van der Waals surface area (Å²) in [6.45, 7) is 6.64. The lowest BCUT2D eigenvalue weighted by Gasteiger charge is -2.14. The summed E-state index contributed by atoms with van der Waals surface area (Å²) in [6.07, 6.45) is 0.729. The van der Waals surface area contributed by atoms with Gasteiger partial charge in [-0.2, -0.15) is 0 Å². The van der Waals surface area contributed by atoms with Crippen LogP contribution in [0.4, 0.5) is 0 Å². The third-order valence-electron chi connectivity index (χ3n) is 3.34. The Hall–Kier alpha value is -1.80. The number of hydrogen-bond donors (Lipinski definition) is 0. The minimum absolute atomic E-state index is 0.400. The second kappa shape index (κ2) is 6.10. The third-order valence-corrected chi connectivity index (χ3v) is 3.67. The van der Waals surface area contributed by atoms with Crippen LogP contribution in [0.2, 0.25) is 5.02 Å². The molecule has 3 heteroatoms. The Labute approximate surface area is 124 Å². The Kier molecular flexibility index (Phi) is 4.46. The maximum absolute atomic E-state index is 11.1. The number of carbonyl (C=O) groups excluding carboxylic acids is 1. The van der Waals surface area contributed by atoms with E-state index in [4.69, 9.17) is 16.3 Å². The lowest BCUT2D eigenvalue weighted by molar-refractivity contribution is 0.111. The number of aryl methyl sites for hydroxylation is 3. The van der Waals surface area contributed by atoms with Crippen molar-refractivity contribution >= 4 is 17.9 Å². The maximum Gasteiger partial charge on any atom is 0.155 e. The topological polar surface area (TPSA) is 26.3 Å². The van der Waals surface area contributed by atoms with E-state index in [1.165, 1.54) is 16.7 Å². The molecule has 0 N–H and O–H groups in total. The molecule has 2 nitrogen and oxygen atoms in total. The highest BCUT2D eigenvalue weighted by atomic mass is 35.5. The summed E-state index contributed by atoms with van der Waals surface area (Å²) < 4.78 is 5.78. The number of hydrogen-bond acceptors (Lipinski definition) is 2. The normalized spacial score (nSPS) is 10.4. The molecule has 0 unspecified atom stereocenters. The van der Waals surface area contributed by atoms with E-state index in [-0.39, 0.29) is 0 Å². The summed E-state index contributed by atoms with van der Waals surface area (Å²) in [4.78, 5) is 11.1. The van der Waals surface area contributed by atoms with Gasteiger partial charge in [0.15, 0.2) is 6.29 Å². The van der Waals surface area contributed by atoms with Crippen molar-refractivity contribution in [3.05, 3.63) is 63.2 Å². The number of halogens is 1. The Morgan fingerprint density at radius 1 is 1.15 bits per heavy atom. The van der Waals surface area contributed by atoms with Gasteiger partial charge in [0.05, 0.1) is 10.6 Å². The molecular formula is C17H17ClO2. The van der Waals surface area contributed by atoms with E-state index in [2.05, 4.69) is 32.9 Å². The molecule has 0 amide bonds. The highest BCUT2D eigenvalue weighted by molar-refractivity contribution is 6.33. The van der Waals surface area contributed by atoms with Gasteiger partial charge in [-0.15, -0.1) is 0 Å². The highest BCUT2D eigenvalue weighted by Gasteiger charge is 2.09. The molecule has 0 fully saturated rings. The molecule has 0 aromatic heterocycles. The van der Waals surface area contributed by atoms with Gasteiger partial charge in [-0.3, -0.25) is 4.79 Å². The van der Waals surface area contributed by atoms with Crippen LogP contribution in [0.15, 0.2) is 30.3 Å². The summed E-state index contributed by atoms with van der Waals surface area (Å²) in [5.74, 6) is 0.520. The Morgan fingerprint density at radius 2 is 1.80 bits per heavy atom. The molecular weight excluding hydrogens is 272 g/mol. The van der Waals surface area contributed by atoms with E-state index in [1.807, 2.05) is 0 Å². The van der Waals surface area contributed by atoms with Gasteiger partial charge >= 0.3 is 0 Å². The number of benzene rings is 2. The van der Waals surface area contributed by atoms with E-state index >= 15 is 0 Å². The largest absolute Gasteiger partial charge is 0.488 e. The van der Waals surface area contributed by atoms with Crippen LogP contribution in [0.3, 0.4) is 0 Å². The van der Waals surface area contributed by atoms with Crippen molar-refractivity contribution in [2.75, 3.05) is 0 Å². The molecule has 0 radical (unpaired) electrons. The highest BCUT2D eigenvalue weighted by Crippen LogP contribution is 2.26. The van der Waals surface area contributed by atoms with Crippen LogP contribution >= 0.6 is 11.6 Å². The Morgan fingerprint density at radius 3 is 2.40 bits per heavy atom. The second-order valence-corrected chi connectivity index (χ2v) is 5.34. The first-order chi connectivity index (χ1) is 9.52. The van der Waals surface area contributed by atoms with Crippen LogP contribution in [0.25, 0.3) is 0 Å². The number of ether oxygens (including phenoxy) is 1. The van der Waals surface area contributed by atoms with E-state index in [0.29, 0.717) is 22.9 Å². The van der Waals surface area contributed by atoms with Crippen LogP contribution in [-0.2, 0) is 6.61 Å². The van der Waals surface area contributed by atoms with Gasteiger partial charge in [0, 0.05) is 0 Å². The lowest BCUT2D eigenvalue weighted by Crippen LogP contribution is -2.03. The van der Waals surface area contributed by atoms with Crippen LogP contribution in [0.5, 0.6) is 5.75 Å². The van der Waals surface area contributed by atoms with Crippen molar-refractivity contribution in [2.45, 2.75) is 27.4 Å². The van der Waals surface area contributed by atoms with Crippen LogP contribution in [0, 0.1) is 20.8 Å². The summed E-state index contributed by atoms with van der Waals surface area (Å²) >= 11 is 5.98. The first-order valence-electron chi connectivity index (χ1n) is 6.46. The van der Waals surface area contributed by atoms with Crippen molar-refractivity contribution < 1.29 is 9.53 Å². The van der Waals surface area contributed by atoms with Crippen molar-refractivity contribution in [3.8, 4) is 5.75 Å². The molecule has 104 valence electrons. The molecule has 0 aliphatic carbocycles. The van der Waals surface area contributed by atoms with Crippen LogP contribution in [-0.4, -0.2) is 6.29 Å². The van der Waals surface area contributed by atoms with E-state index in [0.717, 1.165) is 11.8 Å². The third kappa shape index (κ3) is 3.02. The van der Waals surface area contributed by atoms with Crippen LogP contribution in [0.1, 0.15) is 32.6 Å². The van der Waals surface area contributed by atoms with Gasteiger partial charge < -0.3 is 4.74 Å². The molecule has 0 aliphatic heterocycles. The lowest BCUT2D eigenvalue weighted by atomic mass is 10.0. The fourth-order valence-electron chi connectivity index (χ4n) is 2.34. The first-order valence-corrected chi connectivity index (χ1v) is 6.84. The zero-order valence-corrected chi connectivity index (χ0v) is 12.6. The standard InChI is InChI=1S/C17H17ClO2/c1-11-7-12(2)15(13(3)8-11)10-20-17-6-4-5-16(18)14(17)9-19/h4-9H,10H2,1-3H3. The molecule has 0 bridgehead atoms. The van der Waals surface area contributed by atoms with E-state index in [1.54, 1.807) is 18.2 Å². The van der Waals surface area contributed by atoms with Gasteiger partial charge in [0.2, 0.25) is 0 Å². The predicted molar refractivity (Wildman–Crippen MR) is 81.8 cm³/mol. The van der Waals surface area contributed by atoms with Crippen LogP contribution < -0.4 is 4.74 Å². The summed E-state index contributed by atoms with van der Waals surface area (Å²) in [5, 5.41) is 0.412. The quantitative estimate of drug-likeness (QED) is 0.765. The first kappa shape index (κ1) is 14.6. The summed E-state index contributed by atoms with van der Waals surface area (Å²) in [6, 6.07) is 9.48. The van der Waals surface area contributed by atoms with Crippen molar-refractivity contribution in [1.29, 1.82) is 0 Å². The number of aldehydes is 1. The zero-order valence-electron chi connectivity index (χ0n) is 11.9. The van der Waals surface area contributed by atoms with E-state index in [9.17, 15) is 4.79 Å². The van der Waals surface area contributed by atoms with Crippen molar-refractivity contribution in [3.63, 3.8) is 0 Å². The zero-order chi connectivity index (χ0) is 14.7. The maximum atomic E-state index is 11.1. The molecule has 0 saturated carbocycles. The molecule has 2 rings (SSSR count). The van der Waals surface area contributed by atoms with Crippen molar-refractivity contribution in [1.82, 2.24) is 0 Å².